The van der Waals surface area contributed by atoms with E-state index >= 15 is 0 Å². The lowest BCUT2D eigenvalue weighted by molar-refractivity contribution is -0.138. The summed E-state index contributed by atoms with van der Waals surface area (Å²) in [6.07, 6.45) is -4.81. The maximum absolute atomic E-state index is 12.6. The minimum absolute atomic E-state index is 0.0441. The van der Waals surface area contributed by atoms with Gasteiger partial charge in [-0.15, -0.1) is 0 Å². The van der Waals surface area contributed by atoms with Crippen LogP contribution in [0.2, 0.25) is 5.02 Å². The Bertz CT molecular complexity index is 782. The second-order valence-electron chi connectivity index (χ2n) is 4.61. The molecule has 0 fully saturated rings. The first-order valence-corrected chi connectivity index (χ1v) is 6.74. The average molecular weight is 340 g/mol. The zero-order chi connectivity index (χ0) is 17.0. The lowest BCUT2D eigenvalue weighted by Gasteiger charge is -2.09. The smallest absolute Gasteiger partial charge is 0.416 e. The molecule has 2 aromatic rings. The van der Waals surface area contributed by atoms with Crippen molar-refractivity contribution in [2.45, 2.75) is 12.6 Å². The van der Waals surface area contributed by atoms with E-state index in [1.54, 1.807) is 0 Å². The van der Waals surface area contributed by atoms with Crippen LogP contribution in [0.15, 0.2) is 42.5 Å². The molecule has 2 aromatic carbocycles. The van der Waals surface area contributed by atoms with E-state index in [2.05, 4.69) is 0 Å². The fraction of sp³-hybridized carbons (Fsp3) is 0.125. The number of esters is 1. The summed E-state index contributed by atoms with van der Waals surface area (Å²) in [5, 5.41) is 8.78. The van der Waals surface area contributed by atoms with Gasteiger partial charge in [-0.05, 0) is 29.8 Å². The summed E-state index contributed by atoms with van der Waals surface area (Å²) in [7, 11) is 0. The van der Waals surface area contributed by atoms with Gasteiger partial charge in [-0.2, -0.15) is 18.4 Å². The Labute approximate surface area is 134 Å². The largest absolute Gasteiger partial charge is 0.425 e. The minimum atomic E-state index is -4.48. The number of carbonyl (C=O) groups is 1. The van der Waals surface area contributed by atoms with E-state index < -0.39 is 17.7 Å². The fourth-order valence-electron chi connectivity index (χ4n) is 1.84. The molecule has 118 valence electrons. The Hall–Kier alpha value is -2.52. The second-order valence-corrected chi connectivity index (χ2v) is 5.01. The molecule has 3 nitrogen and oxygen atoms in total. The van der Waals surface area contributed by atoms with Crippen molar-refractivity contribution in [2.24, 2.45) is 0 Å². The molecular formula is C16H9ClF3NO2. The van der Waals surface area contributed by atoms with Gasteiger partial charge in [-0.3, -0.25) is 4.79 Å². The highest BCUT2D eigenvalue weighted by Crippen LogP contribution is 2.30. The summed E-state index contributed by atoms with van der Waals surface area (Å²) in [6.45, 7) is 0. The Morgan fingerprint density at radius 1 is 1.22 bits per heavy atom. The fourth-order valence-corrected chi connectivity index (χ4v) is 2.06. The zero-order valence-electron chi connectivity index (χ0n) is 11.5. The van der Waals surface area contributed by atoms with Crippen LogP contribution in [-0.4, -0.2) is 5.97 Å². The van der Waals surface area contributed by atoms with E-state index in [4.69, 9.17) is 21.6 Å². The third-order valence-corrected chi connectivity index (χ3v) is 3.18. The van der Waals surface area contributed by atoms with E-state index in [-0.39, 0.29) is 22.8 Å². The standard InChI is InChI=1S/C16H9ClF3NO2/c17-13-7-11(9-21)4-5-14(13)23-15(22)8-10-2-1-3-12(6-10)16(18,19)20/h1-7H,8H2. The molecule has 0 aliphatic heterocycles. The van der Waals surface area contributed by atoms with Crippen LogP contribution < -0.4 is 4.74 Å². The predicted octanol–water partition coefficient (Wildman–Crippen LogP) is 4.38. The van der Waals surface area contributed by atoms with Gasteiger partial charge in [-0.25, -0.2) is 0 Å². The SMILES string of the molecule is N#Cc1ccc(OC(=O)Cc2cccc(C(F)(F)F)c2)c(Cl)c1. The number of alkyl halides is 3. The average Bonchev–Trinajstić information content (AvgIpc) is 2.48. The molecule has 7 heteroatoms. The van der Waals surface area contributed by atoms with Gasteiger partial charge in [0.1, 0.15) is 5.75 Å². The zero-order valence-corrected chi connectivity index (χ0v) is 12.3. The van der Waals surface area contributed by atoms with Gasteiger partial charge in [0.2, 0.25) is 0 Å². The van der Waals surface area contributed by atoms with Gasteiger partial charge in [-0.1, -0.05) is 29.8 Å². The normalized spacial score (nSPS) is 10.9. The number of nitrogens with zero attached hydrogens (tertiary/aromatic N) is 1. The van der Waals surface area contributed by atoms with Crippen LogP contribution in [-0.2, 0) is 17.4 Å². The first-order valence-electron chi connectivity index (χ1n) is 6.36. The Balaban J connectivity index is 2.10. The second kappa shape index (κ2) is 6.71. The Morgan fingerprint density at radius 2 is 1.96 bits per heavy atom. The van der Waals surface area contributed by atoms with Crippen molar-refractivity contribution in [3.8, 4) is 11.8 Å². The molecular weight excluding hydrogens is 331 g/mol. The van der Waals surface area contributed by atoms with Crippen LogP contribution in [0.4, 0.5) is 13.2 Å². The molecule has 0 unspecified atom stereocenters. The molecule has 0 spiro atoms. The molecule has 0 amide bonds. The summed E-state index contributed by atoms with van der Waals surface area (Å²) in [4.78, 5) is 11.8. The topological polar surface area (TPSA) is 50.1 Å². The van der Waals surface area contributed by atoms with Crippen LogP contribution in [0.25, 0.3) is 0 Å². The number of halogens is 4. The highest BCUT2D eigenvalue weighted by Gasteiger charge is 2.30. The molecule has 0 aromatic heterocycles. The van der Waals surface area contributed by atoms with Crippen molar-refractivity contribution in [3.63, 3.8) is 0 Å². The van der Waals surface area contributed by atoms with Crippen LogP contribution >= 0.6 is 11.6 Å². The van der Waals surface area contributed by atoms with Crippen molar-refractivity contribution in [3.05, 3.63) is 64.2 Å². The number of ether oxygens (including phenoxy) is 1. The van der Waals surface area contributed by atoms with Crippen molar-refractivity contribution in [2.75, 3.05) is 0 Å². The number of hydrogen-bond donors (Lipinski definition) is 0. The monoisotopic (exact) mass is 339 g/mol. The van der Waals surface area contributed by atoms with Crippen molar-refractivity contribution in [1.29, 1.82) is 5.26 Å². The number of hydrogen-bond acceptors (Lipinski definition) is 3. The summed E-state index contributed by atoms with van der Waals surface area (Å²) < 4.78 is 42.9. The van der Waals surface area contributed by atoms with Gasteiger partial charge in [0.15, 0.2) is 0 Å². The molecule has 0 N–H and O–H groups in total. The van der Waals surface area contributed by atoms with Gasteiger partial charge in [0, 0.05) is 0 Å². The van der Waals surface area contributed by atoms with Crippen LogP contribution in [0.1, 0.15) is 16.7 Å². The van der Waals surface area contributed by atoms with E-state index in [0.717, 1.165) is 12.1 Å². The first kappa shape index (κ1) is 16.8. The first-order chi connectivity index (χ1) is 10.8. The maximum Gasteiger partial charge on any atom is 0.416 e. The minimum Gasteiger partial charge on any atom is -0.425 e. The molecule has 0 aliphatic carbocycles. The van der Waals surface area contributed by atoms with E-state index in [1.807, 2.05) is 6.07 Å². The summed E-state index contributed by atoms with van der Waals surface area (Å²) in [6, 6.07) is 10.4. The molecule has 23 heavy (non-hydrogen) atoms. The molecule has 0 heterocycles. The molecule has 0 radical (unpaired) electrons. The maximum atomic E-state index is 12.6. The van der Waals surface area contributed by atoms with Gasteiger partial charge in [0.25, 0.3) is 0 Å². The Kier molecular flexibility index (Phi) is 4.92. The van der Waals surface area contributed by atoms with Crippen molar-refractivity contribution >= 4 is 17.6 Å². The van der Waals surface area contributed by atoms with Gasteiger partial charge >= 0.3 is 12.1 Å². The Morgan fingerprint density at radius 3 is 2.57 bits per heavy atom. The van der Waals surface area contributed by atoms with Crippen LogP contribution in [0.5, 0.6) is 5.75 Å². The van der Waals surface area contributed by atoms with Gasteiger partial charge < -0.3 is 4.74 Å². The van der Waals surface area contributed by atoms with Gasteiger partial charge in [0.05, 0.1) is 28.6 Å². The summed E-state index contributed by atoms with van der Waals surface area (Å²) in [5.41, 5.74) is -0.360. The van der Waals surface area contributed by atoms with E-state index in [1.165, 1.54) is 30.3 Å². The molecule has 0 saturated heterocycles. The number of carbonyl (C=O) groups excluding carboxylic acids is 1. The van der Waals surface area contributed by atoms with E-state index in [0.29, 0.717) is 5.56 Å². The van der Waals surface area contributed by atoms with Crippen LogP contribution in [0.3, 0.4) is 0 Å². The number of benzene rings is 2. The van der Waals surface area contributed by atoms with Crippen molar-refractivity contribution < 1.29 is 22.7 Å². The number of nitriles is 1. The third kappa shape index (κ3) is 4.47. The highest BCUT2D eigenvalue weighted by atomic mass is 35.5. The quantitative estimate of drug-likeness (QED) is 0.616. The van der Waals surface area contributed by atoms with Crippen molar-refractivity contribution in [1.82, 2.24) is 0 Å². The molecule has 0 atom stereocenters. The summed E-state index contributed by atoms with van der Waals surface area (Å²) >= 11 is 5.86. The molecule has 0 saturated carbocycles. The molecule has 2 rings (SSSR count). The lowest BCUT2D eigenvalue weighted by atomic mass is 10.1. The highest BCUT2D eigenvalue weighted by molar-refractivity contribution is 6.32. The summed E-state index contributed by atoms with van der Waals surface area (Å²) in [5.74, 6) is -0.710. The molecule has 0 bridgehead atoms. The third-order valence-electron chi connectivity index (χ3n) is 2.89. The number of rotatable bonds is 3. The lowest BCUT2D eigenvalue weighted by Crippen LogP contribution is -2.12. The molecule has 0 aliphatic rings. The van der Waals surface area contributed by atoms with E-state index in [9.17, 15) is 18.0 Å². The predicted molar refractivity (Wildman–Crippen MR) is 77.0 cm³/mol. The van der Waals surface area contributed by atoms with Crippen LogP contribution in [0, 0.1) is 11.3 Å².